The minimum atomic E-state index is -0.770. The fourth-order valence-corrected chi connectivity index (χ4v) is 12.6. The Hall–Kier alpha value is -5.28. The molecule has 0 aromatic heterocycles. The number of hydrogen-bond donors (Lipinski definition) is 1. The van der Waals surface area contributed by atoms with Crippen molar-refractivity contribution in [3.05, 3.63) is 215 Å². The first-order valence-electron chi connectivity index (χ1n) is 23.9. The van der Waals surface area contributed by atoms with Crippen LogP contribution < -0.4 is 0 Å². The number of aliphatic carboxylic acids is 1. The first kappa shape index (κ1) is 51.1. The maximum atomic E-state index is 15.1. The summed E-state index contributed by atoms with van der Waals surface area (Å²) in [4.78, 5) is 31.3. The largest absolute Gasteiger partial charge is 0.481 e. The highest BCUT2D eigenvalue weighted by Gasteiger charge is 2.45. The van der Waals surface area contributed by atoms with Gasteiger partial charge >= 0.3 is 12.1 Å². The zero-order chi connectivity index (χ0) is 47.9. The van der Waals surface area contributed by atoms with Crippen LogP contribution in [0.25, 0.3) is 0 Å². The third-order valence-electron chi connectivity index (χ3n) is 12.1. The quantitative estimate of drug-likeness (QED) is 0.0390. The summed E-state index contributed by atoms with van der Waals surface area (Å²) >= 11 is 3.77. The number of hydrogen-bond acceptors (Lipinski definition) is 6. The summed E-state index contributed by atoms with van der Waals surface area (Å²) in [6.45, 7) is 16.5. The molecule has 0 heterocycles. The molecule has 6 aromatic rings. The van der Waals surface area contributed by atoms with E-state index in [4.69, 9.17) is 4.74 Å². The van der Waals surface area contributed by atoms with Crippen LogP contribution in [-0.4, -0.2) is 63.0 Å². The standard InChI is InChI=1S/C59H70N2O4S2/c1-45(2)54(66-58(47-29-15-8-16-30-47,48-31-17-9-18-32-48)49-33-19-10-20-34-49)60(42-28-14-27-41-53(62)63)43-44-61(56(64)65-57(5,6)7)55(46(3)4)67-59(50-35-21-11-22-36-50,51-37-23-12-24-38-51)52-39-25-13-26-40-52/h8-13,15-26,29-40,45-46,54-55H,14,27-28,41-44H2,1-7H3,(H,62,63). The smallest absolute Gasteiger partial charge is 0.411 e. The van der Waals surface area contributed by atoms with Crippen LogP contribution in [-0.2, 0) is 19.0 Å². The molecule has 0 aliphatic carbocycles. The second kappa shape index (κ2) is 24.1. The van der Waals surface area contributed by atoms with Crippen LogP contribution in [0.3, 0.4) is 0 Å². The molecule has 0 aliphatic rings. The molecule has 6 rings (SSSR count). The van der Waals surface area contributed by atoms with E-state index in [1.54, 1.807) is 0 Å². The number of benzene rings is 6. The van der Waals surface area contributed by atoms with E-state index in [2.05, 4.69) is 215 Å². The highest BCUT2D eigenvalue weighted by molar-refractivity contribution is 8.01. The third-order valence-corrected chi connectivity index (χ3v) is 16.3. The number of amides is 1. The van der Waals surface area contributed by atoms with Crippen LogP contribution in [0.5, 0.6) is 0 Å². The van der Waals surface area contributed by atoms with Gasteiger partial charge in [0.15, 0.2) is 0 Å². The zero-order valence-electron chi connectivity index (χ0n) is 40.5. The van der Waals surface area contributed by atoms with Gasteiger partial charge in [0.05, 0.1) is 20.2 Å². The van der Waals surface area contributed by atoms with Crippen LogP contribution in [0.15, 0.2) is 182 Å². The van der Waals surface area contributed by atoms with Crippen molar-refractivity contribution in [2.45, 2.75) is 100.0 Å². The van der Waals surface area contributed by atoms with Gasteiger partial charge in [-0.05, 0) is 85.4 Å². The Morgan fingerprint density at radius 3 is 1.10 bits per heavy atom. The minimum absolute atomic E-state index is 0.0228. The Morgan fingerprint density at radius 2 is 0.806 bits per heavy atom. The van der Waals surface area contributed by atoms with Crippen molar-refractivity contribution < 1.29 is 19.4 Å². The van der Waals surface area contributed by atoms with E-state index in [-0.39, 0.29) is 35.1 Å². The van der Waals surface area contributed by atoms with Crippen molar-refractivity contribution in [3.8, 4) is 0 Å². The van der Waals surface area contributed by atoms with Gasteiger partial charge in [-0.1, -0.05) is 216 Å². The predicted octanol–water partition coefficient (Wildman–Crippen LogP) is 14.6. The molecule has 352 valence electrons. The van der Waals surface area contributed by atoms with Gasteiger partial charge < -0.3 is 9.84 Å². The van der Waals surface area contributed by atoms with Gasteiger partial charge in [0.2, 0.25) is 0 Å². The molecule has 0 saturated heterocycles. The van der Waals surface area contributed by atoms with E-state index in [1.807, 2.05) is 49.2 Å². The van der Waals surface area contributed by atoms with E-state index in [1.165, 1.54) is 16.7 Å². The Bertz CT molecular complexity index is 2180. The Labute approximate surface area is 409 Å². The van der Waals surface area contributed by atoms with Crippen molar-refractivity contribution in [2.24, 2.45) is 11.8 Å². The van der Waals surface area contributed by atoms with E-state index >= 15 is 4.79 Å². The topological polar surface area (TPSA) is 70.1 Å². The van der Waals surface area contributed by atoms with Crippen LogP contribution in [0.4, 0.5) is 4.79 Å². The van der Waals surface area contributed by atoms with Crippen LogP contribution >= 0.6 is 23.5 Å². The number of carboxylic acid groups (broad SMARTS) is 1. The average molecular weight is 935 g/mol. The number of nitrogens with zero attached hydrogens (tertiary/aromatic N) is 2. The second-order valence-electron chi connectivity index (χ2n) is 19.0. The fraction of sp³-hybridized carbons (Fsp3) is 0.356. The van der Waals surface area contributed by atoms with Gasteiger partial charge in [-0.15, -0.1) is 23.5 Å². The summed E-state index contributed by atoms with van der Waals surface area (Å²) in [5, 5.41) is 9.19. The lowest BCUT2D eigenvalue weighted by atomic mass is 9.84. The number of carbonyl (C=O) groups excluding carboxylic acids is 1. The summed E-state index contributed by atoms with van der Waals surface area (Å²) < 4.78 is 5.12. The third kappa shape index (κ3) is 13.0. The van der Waals surface area contributed by atoms with E-state index in [0.717, 1.165) is 36.1 Å². The van der Waals surface area contributed by atoms with Gasteiger partial charge in [-0.3, -0.25) is 14.6 Å². The maximum Gasteiger partial charge on any atom is 0.411 e. The predicted molar refractivity (Wildman–Crippen MR) is 281 cm³/mol. The van der Waals surface area contributed by atoms with Crippen molar-refractivity contribution in [3.63, 3.8) is 0 Å². The maximum absolute atomic E-state index is 15.1. The molecule has 2 atom stereocenters. The molecule has 67 heavy (non-hydrogen) atoms. The molecular formula is C59H70N2O4S2. The Kier molecular flexibility index (Phi) is 18.4. The molecule has 1 amide bonds. The van der Waals surface area contributed by atoms with Gasteiger partial charge in [-0.2, -0.15) is 0 Å². The van der Waals surface area contributed by atoms with Gasteiger partial charge in [0, 0.05) is 19.5 Å². The highest BCUT2D eigenvalue weighted by Crippen LogP contribution is 2.54. The molecule has 0 aliphatic heterocycles. The molecule has 0 spiro atoms. The SMILES string of the molecule is CC(C)C(SC(c1ccccc1)(c1ccccc1)c1ccccc1)N(CCCCCC(=O)O)CCN(C(=O)OC(C)(C)C)C(SC(c1ccccc1)(c1ccccc1)c1ccccc1)C(C)C. The Morgan fingerprint density at radius 1 is 0.478 bits per heavy atom. The zero-order valence-corrected chi connectivity index (χ0v) is 42.1. The molecule has 1 N–H and O–H groups in total. The minimum Gasteiger partial charge on any atom is -0.481 e. The Balaban J connectivity index is 1.48. The number of thioether (sulfide) groups is 2. The molecule has 0 radical (unpaired) electrons. The summed E-state index contributed by atoms with van der Waals surface area (Å²) in [5.74, 6) is -0.560. The number of rotatable bonds is 23. The lowest BCUT2D eigenvalue weighted by Gasteiger charge is -2.45. The van der Waals surface area contributed by atoms with Crippen molar-refractivity contribution in [1.82, 2.24) is 9.80 Å². The average Bonchev–Trinajstić information content (AvgIpc) is 3.33. The molecule has 2 unspecified atom stereocenters. The second-order valence-corrected chi connectivity index (χ2v) is 21.6. The van der Waals surface area contributed by atoms with Crippen molar-refractivity contribution in [1.29, 1.82) is 0 Å². The number of unbranched alkanes of at least 4 members (excludes halogenated alkanes) is 2. The van der Waals surface area contributed by atoms with Crippen molar-refractivity contribution >= 4 is 35.6 Å². The van der Waals surface area contributed by atoms with Crippen molar-refractivity contribution in [2.75, 3.05) is 19.6 Å². The van der Waals surface area contributed by atoms with E-state index < -0.39 is 21.1 Å². The van der Waals surface area contributed by atoms with E-state index in [9.17, 15) is 9.90 Å². The fourth-order valence-electron chi connectivity index (χ4n) is 9.01. The first-order chi connectivity index (χ1) is 32.3. The molecule has 6 nitrogen and oxygen atoms in total. The van der Waals surface area contributed by atoms with Gasteiger partial charge in [0.1, 0.15) is 5.60 Å². The molecular weight excluding hydrogens is 865 g/mol. The molecule has 0 bridgehead atoms. The number of ether oxygens (including phenoxy) is 1. The van der Waals surface area contributed by atoms with Gasteiger partial charge in [0.25, 0.3) is 0 Å². The lowest BCUT2D eigenvalue weighted by molar-refractivity contribution is -0.137. The van der Waals surface area contributed by atoms with Crippen LogP contribution in [0.2, 0.25) is 0 Å². The van der Waals surface area contributed by atoms with E-state index in [0.29, 0.717) is 19.5 Å². The molecule has 0 fully saturated rings. The van der Waals surface area contributed by atoms with Crippen LogP contribution in [0, 0.1) is 11.8 Å². The van der Waals surface area contributed by atoms with Crippen LogP contribution in [0.1, 0.15) is 108 Å². The van der Waals surface area contributed by atoms with Gasteiger partial charge in [-0.25, -0.2) is 4.79 Å². The lowest BCUT2D eigenvalue weighted by Crippen LogP contribution is -2.51. The normalized spacial score (nSPS) is 13.1. The summed E-state index contributed by atoms with van der Waals surface area (Å²) in [6, 6.07) is 64.5. The summed E-state index contributed by atoms with van der Waals surface area (Å²) in [7, 11) is 0. The molecule has 0 saturated carbocycles. The first-order valence-corrected chi connectivity index (χ1v) is 25.7. The molecule has 6 aromatic carbocycles. The highest BCUT2D eigenvalue weighted by atomic mass is 32.2. The summed E-state index contributed by atoms with van der Waals surface area (Å²) in [5.41, 5.74) is 6.24. The molecule has 8 heteroatoms. The number of carboxylic acids is 1. The summed E-state index contributed by atoms with van der Waals surface area (Å²) in [6.07, 6.45) is 2.02. The monoisotopic (exact) mass is 934 g/mol. The number of carbonyl (C=O) groups is 2.